The number of carbonyl (C=O) groups excluding carboxylic acids is 1. The van der Waals surface area contributed by atoms with Crippen molar-refractivity contribution in [1.82, 2.24) is 5.32 Å². The first-order valence-corrected chi connectivity index (χ1v) is 10.3. The van der Waals surface area contributed by atoms with Gasteiger partial charge in [-0.2, -0.15) is 0 Å². The van der Waals surface area contributed by atoms with E-state index in [4.69, 9.17) is 23.7 Å². The van der Waals surface area contributed by atoms with Crippen LogP contribution in [-0.2, 0) is 28.5 Å². The van der Waals surface area contributed by atoms with Crippen molar-refractivity contribution in [3.63, 3.8) is 0 Å². The van der Waals surface area contributed by atoms with Crippen LogP contribution in [0.5, 0.6) is 0 Å². The fourth-order valence-electron chi connectivity index (χ4n) is 2.17. The van der Waals surface area contributed by atoms with E-state index >= 15 is 0 Å². The summed E-state index contributed by atoms with van der Waals surface area (Å²) in [6.07, 6.45) is 3.41. The van der Waals surface area contributed by atoms with Crippen LogP contribution in [-0.4, -0.2) is 78.0 Å². The second kappa shape index (κ2) is 20.0. The van der Waals surface area contributed by atoms with E-state index in [1.165, 1.54) is 12.8 Å². The third-order valence-electron chi connectivity index (χ3n) is 3.94. The molecule has 2 atom stereocenters. The highest BCUT2D eigenvalue weighted by atomic mass is 16.6. The van der Waals surface area contributed by atoms with Crippen LogP contribution in [0.15, 0.2) is 0 Å². The standard InChI is InChI=1S/C20H41NO6/c1-5-7-18(3)16-26-15-14-25-13-12-24-11-10-23-9-8-21-20(22)17-27-19(4)6-2/h18-19H,5-17H2,1-4H3,(H,21,22). The first-order valence-electron chi connectivity index (χ1n) is 10.3. The number of carbonyl (C=O) groups is 1. The van der Waals surface area contributed by atoms with E-state index in [-0.39, 0.29) is 18.6 Å². The zero-order valence-corrected chi connectivity index (χ0v) is 17.8. The monoisotopic (exact) mass is 391 g/mol. The number of hydrogen-bond acceptors (Lipinski definition) is 6. The van der Waals surface area contributed by atoms with Crippen molar-refractivity contribution < 1.29 is 28.5 Å². The van der Waals surface area contributed by atoms with E-state index in [0.717, 1.165) is 13.0 Å². The van der Waals surface area contributed by atoms with Gasteiger partial charge in [0.15, 0.2) is 0 Å². The Morgan fingerprint density at radius 3 is 1.96 bits per heavy atom. The molecule has 0 aliphatic carbocycles. The minimum absolute atomic E-state index is 0.0981. The van der Waals surface area contributed by atoms with E-state index < -0.39 is 0 Å². The summed E-state index contributed by atoms with van der Waals surface area (Å²) in [6, 6.07) is 0. The van der Waals surface area contributed by atoms with Crippen LogP contribution in [0, 0.1) is 5.92 Å². The second-order valence-electron chi connectivity index (χ2n) is 6.69. The largest absolute Gasteiger partial charge is 0.379 e. The molecule has 0 spiro atoms. The molecule has 7 heteroatoms. The lowest BCUT2D eigenvalue weighted by atomic mass is 10.1. The van der Waals surface area contributed by atoms with Gasteiger partial charge in [-0.3, -0.25) is 4.79 Å². The van der Waals surface area contributed by atoms with Gasteiger partial charge in [-0.25, -0.2) is 0 Å². The fourth-order valence-corrected chi connectivity index (χ4v) is 2.17. The lowest BCUT2D eigenvalue weighted by Gasteiger charge is -2.11. The molecule has 0 aliphatic rings. The Labute approximate surface area is 165 Å². The molecule has 0 aromatic carbocycles. The second-order valence-corrected chi connectivity index (χ2v) is 6.69. The van der Waals surface area contributed by atoms with Crippen LogP contribution in [0.25, 0.3) is 0 Å². The number of nitrogens with one attached hydrogen (secondary N) is 1. The summed E-state index contributed by atoms with van der Waals surface area (Å²) in [7, 11) is 0. The van der Waals surface area contributed by atoms with E-state index in [9.17, 15) is 4.79 Å². The topological polar surface area (TPSA) is 75.3 Å². The molecule has 0 heterocycles. The van der Waals surface area contributed by atoms with Crippen molar-refractivity contribution in [3.8, 4) is 0 Å². The van der Waals surface area contributed by atoms with Gasteiger partial charge in [0.05, 0.1) is 52.4 Å². The van der Waals surface area contributed by atoms with Gasteiger partial charge in [0.2, 0.25) is 5.91 Å². The SMILES string of the molecule is CCCC(C)COCCOCCOCCOCCNC(=O)COC(C)CC. The third-order valence-corrected chi connectivity index (χ3v) is 3.94. The first-order chi connectivity index (χ1) is 13.1. The van der Waals surface area contributed by atoms with Crippen molar-refractivity contribution in [2.75, 3.05) is 66.0 Å². The number of ether oxygens (including phenoxy) is 5. The molecule has 162 valence electrons. The normalized spacial score (nSPS) is 13.5. The molecule has 0 radical (unpaired) electrons. The molecule has 1 amide bonds. The number of amides is 1. The van der Waals surface area contributed by atoms with Crippen molar-refractivity contribution in [2.45, 2.75) is 53.1 Å². The molecule has 0 aromatic heterocycles. The Morgan fingerprint density at radius 1 is 0.852 bits per heavy atom. The van der Waals surface area contributed by atoms with Crippen LogP contribution in [0.3, 0.4) is 0 Å². The summed E-state index contributed by atoms with van der Waals surface area (Å²) in [5, 5.41) is 2.75. The smallest absolute Gasteiger partial charge is 0.246 e. The zero-order chi connectivity index (χ0) is 20.2. The van der Waals surface area contributed by atoms with Crippen LogP contribution in [0.1, 0.15) is 47.0 Å². The quantitative estimate of drug-likeness (QED) is 0.321. The highest BCUT2D eigenvalue weighted by Crippen LogP contribution is 2.04. The molecule has 1 N–H and O–H groups in total. The minimum atomic E-state index is -0.115. The minimum Gasteiger partial charge on any atom is -0.379 e. The highest BCUT2D eigenvalue weighted by Gasteiger charge is 2.04. The van der Waals surface area contributed by atoms with Gasteiger partial charge < -0.3 is 29.0 Å². The molecule has 0 saturated heterocycles. The molecule has 0 rings (SSSR count). The van der Waals surface area contributed by atoms with Crippen molar-refractivity contribution >= 4 is 5.91 Å². The van der Waals surface area contributed by atoms with Crippen molar-refractivity contribution in [2.24, 2.45) is 5.92 Å². The lowest BCUT2D eigenvalue weighted by molar-refractivity contribution is -0.127. The molecular weight excluding hydrogens is 350 g/mol. The van der Waals surface area contributed by atoms with Gasteiger partial charge in [-0.15, -0.1) is 0 Å². The first kappa shape index (κ1) is 26.3. The fraction of sp³-hybridized carbons (Fsp3) is 0.950. The predicted molar refractivity (Wildman–Crippen MR) is 106 cm³/mol. The maximum absolute atomic E-state index is 11.5. The summed E-state index contributed by atoms with van der Waals surface area (Å²) < 4.78 is 27.2. The Bertz CT molecular complexity index is 330. The summed E-state index contributed by atoms with van der Waals surface area (Å²) in [6.45, 7) is 13.5. The summed E-state index contributed by atoms with van der Waals surface area (Å²) in [5.74, 6) is 0.501. The summed E-state index contributed by atoms with van der Waals surface area (Å²) in [4.78, 5) is 11.5. The Morgan fingerprint density at radius 2 is 1.41 bits per heavy atom. The van der Waals surface area contributed by atoms with Gasteiger partial charge in [0.25, 0.3) is 0 Å². The Balaban J connectivity index is 3.18. The van der Waals surface area contributed by atoms with Crippen LogP contribution in [0.2, 0.25) is 0 Å². The molecule has 0 saturated carbocycles. The number of rotatable bonds is 20. The Hall–Kier alpha value is -0.730. The van der Waals surface area contributed by atoms with E-state index in [1.807, 2.05) is 13.8 Å². The zero-order valence-electron chi connectivity index (χ0n) is 17.8. The van der Waals surface area contributed by atoms with Gasteiger partial charge in [-0.1, -0.05) is 27.2 Å². The lowest BCUT2D eigenvalue weighted by Crippen LogP contribution is -2.32. The summed E-state index contributed by atoms with van der Waals surface area (Å²) in [5.41, 5.74) is 0. The molecule has 7 nitrogen and oxygen atoms in total. The molecular formula is C20H41NO6. The maximum atomic E-state index is 11.5. The summed E-state index contributed by atoms with van der Waals surface area (Å²) >= 11 is 0. The maximum Gasteiger partial charge on any atom is 0.246 e. The van der Waals surface area contributed by atoms with E-state index in [2.05, 4.69) is 19.2 Å². The average molecular weight is 392 g/mol. The molecule has 27 heavy (non-hydrogen) atoms. The predicted octanol–water partition coefficient (Wildman–Crippen LogP) is 2.42. The van der Waals surface area contributed by atoms with E-state index in [1.54, 1.807) is 0 Å². The third kappa shape index (κ3) is 19.8. The van der Waals surface area contributed by atoms with Crippen LogP contribution >= 0.6 is 0 Å². The highest BCUT2D eigenvalue weighted by molar-refractivity contribution is 5.77. The van der Waals surface area contributed by atoms with Crippen molar-refractivity contribution in [1.29, 1.82) is 0 Å². The van der Waals surface area contributed by atoms with Gasteiger partial charge in [-0.05, 0) is 25.7 Å². The molecule has 2 unspecified atom stereocenters. The van der Waals surface area contributed by atoms with Crippen molar-refractivity contribution in [3.05, 3.63) is 0 Å². The molecule has 0 aromatic rings. The van der Waals surface area contributed by atoms with Gasteiger partial charge >= 0.3 is 0 Å². The van der Waals surface area contributed by atoms with Gasteiger partial charge in [0, 0.05) is 13.2 Å². The van der Waals surface area contributed by atoms with Crippen LogP contribution in [0.4, 0.5) is 0 Å². The van der Waals surface area contributed by atoms with Crippen LogP contribution < -0.4 is 5.32 Å². The average Bonchev–Trinajstić information content (AvgIpc) is 2.66. The Kier molecular flexibility index (Phi) is 19.5. The molecule has 0 bridgehead atoms. The molecule has 0 aliphatic heterocycles. The molecule has 0 fully saturated rings. The number of hydrogen-bond donors (Lipinski definition) is 1. The van der Waals surface area contributed by atoms with Gasteiger partial charge in [0.1, 0.15) is 6.61 Å². The van der Waals surface area contributed by atoms with E-state index in [0.29, 0.717) is 58.7 Å².